The SMILES string of the molecule is CCC(C)(CC(C)OC)OC(=O)Nc1ccc(Cc2ccc(NC)cc2)cc1. The lowest BCUT2D eigenvalue weighted by Gasteiger charge is -2.30. The Labute approximate surface area is 168 Å². The fourth-order valence-electron chi connectivity index (χ4n) is 3.05. The van der Waals surface area contributed by atoms with Crippen molar-refractivity contribution in [1.29, 1.82) is 0 Å². The molecule has 5 heteroatoms. The molecule has 2 aromatic carbocycles. The topological polar surface area (TPSA) is 59.6 Å². The van der Waals surface area contributed by atoms with Crippen molar-refractivity contribution >= 4 is 17.5 Å². The van der Waals surface area contributed by atoms with Gasteiger partial charge in [-0.3, -0.25) is 5.32 Å². The Hall–Kier alpha value is -2.53. The van der Waals surface area contributed by atoms with E-state index in [1.165, 1.54) is 11.1 Å². The van der Waals surface area contributed by atoms with Crippen molar-refractivity contribution in [2.75, 3.05) is 24.8 Å². The number of carbonyl (C=O) groups is 1. The van der Waals surface area contributed by atoms with Gasteiger partial charge < -0.3 is 14.8 Å². The first-order valence-electron chi connectivity index (χ1n) is 9.76. The minimum absolute atomic E-state index is 0.0270. The van der Waals surface area contributed by atoms with E-state index in [1.54, 1.807) is 7.11 Å². The number of ether oxygens (including phenoxy) is 2. The number of anilines is 2. The van der Waals surface area contributed by atoms with Gasteiger partial charge >= 0.3 is 6.09 Å². The summed E-state index contributed by atoms with van der Waals surface area (Å²) < 4.78 is 11.0. The van der Waals surface area contributed by atoms with E-state index in [-0.39, 0.29) is 6.10 Å². The summed E-state index contributed by atoms with van der Waals surface area (Å²) >= 11 is 0. The van der Waals surface area contributed by atoms with Crippen LogP contribution in [0.2, 0.25) is 0 Å². The minimum atomic E-state index is -0.557. The summed E-state index contributed by atoms with van der Waals surface area (Å²) in [5.74, 6) is 0. The van der Waals surface area contributed by atoms with E-state index in [1.807, 2.05) is 52.1 Å². The molecule has 0 aliphatic heterocycles. The van der Waals surface area contributed by atoms with Crippen LogP contribution in [-0.4, -0.2) is 32.0 Å². The molecule has 0 aliphatic rings. The number of rotatable bonds is 9. The molecule has 0 spiro atoms. The zero-order valence-corrected chi connectivity index (χ0v) is 17.5. The molecule has 2 rings (SSSR count). The Morgan fingerprint density at radius 1 is 1.04 bits per heavy atom. The van der Waals surface area contributed by atoms with Crippen molar-refractivity contribution in [3.63, 3.8) is 0 Å². The van der Waals surface area contributed by atoms with E-state index in [4.69, 9.17) is 9.47 Å². The van der Waals surface area contributed by atoms with Crippen LogP contribution in [0.4, 0.5) is 16.2 Å². The van der Waals surface area contributed by atoms with Crippen LogP contribution in [0.3, 0.4) is 0 Å². The summed E-state index contributed by atoms with van der Waals surface area (Å²) in [5.41, 5.74) is 3.69. The smallest absolute Gasteiger partial charge is 0.412 e. The molecular weight excluding hydrogens is 352 g/mol. The number of amides is 1. The van der Waals surface area contributed by atoms with Gasteiger partial charge in [0.1, 0.15) is 5.60 Å². The molecule has 1 amide bonds. The molecule has 0 fully saturated rings. The number of benzene rings is 2. The highest BCUT2D eigenvalue weighted by molar-refractivity contribution is 5.84. The Morgan fingerprint density at radius 3 is 2.04 bits per heavy atom. The monoisotopic (exact) mass is 384 g/mol. The van der Waals surface area contributed by atoms with E-state index < -0.39 is 11.7 Å². The van der Waals surface area contributed by atoms with Gasteiger partial charge in [0, 0.05) is 32.0 Å². The molecule has 0 bridgehead atoms. The van der Waals surface area contributed by atoms with Crippen molar-refractivity contribution in [2.24, 2.45) is 0 Å². The predicted octanol–water partition coefficient (Wildman–Crippen LogP) is 5.46. The maximum absolute atomic E-state index is 12.3. The molecule has 2 N–H and O–H groups in total. The van der Waals surface area contributed by atoms with Crippen molar-refractivity contribution in [3.05, 3.63) is 59.7 Å². The van der Waals surface area contributed by atoms with Crippen LogP contribution in [0.1, 0.15) is 44.7 Å². The lowest BCUT2D eigenvalue weighted by Crippen LogP contribution is -2.36. The zero-order chi connectivity index (χ0) is 20.6. The number of nitrogens with one attached hydrogen (secondary N) is 2. The molecule has 0 saturated carbocycles. The predicted molar refractivity (Wildman–Crippen MR) is 115 cm³/mol. The molecule has 152 valence electrons. The zero-order valence-electron chi connectivity index (χ0n) is 17.5. The summed E-state index contributed by atoms with van der Waals surface area (Å²) in [5, 5.41) is 5.94. The summed E-state index contributed by atoms with van der Waals surface area (Å²) in [7, 11) is 3.57. The second-order valence-electron chi connectivity index (χ2n) is 7.39. The van der Waals surface area contributed by atoms with Crippen molar-refractivity contribution in [3.8, 4) is 0 Å². The lowest BCUT2D eigenvalue weighted by atomic mass is 9.96. The van der Waals surface area contributed by atoms with Crippen LogP contribution in [0, 0.1) is 0 Å². The highest BCUT2D eigenvalue weighted by Crippen LogP contribution is 2.24. The Kier molecular flexibility index (Phi) is 7.88. The van der Waals surface area contributed by atoms with Crippen molar-refractivity contribution < 1.29 is 14.3 Å². The van der Waals surface area contributed by atoms with Crippen LogP contribution in [0.15, 0.2) is 48.5 Å². The van der Waals surface area contributed by atoms with Gasteiger partial charge in [-0.05, 0) is 62.1 Å². The molecule has 0 heterocycles. The Morgan fingerprint density at radius 2 is 1.57 bits per heavy atom. The molecule has 0 aliphatic carbocycles. The quantitative estimate of drug-likeness (QED) is 0.602. The minimum Gasteiger partial charge on any atom is -0.443 e. The largest absolute Gasteiger partial charge is 0.443 e. The first kappa shape index (κ1) is 21.8. The standard InChI is InChI=1S/C23H32N2O3/c1-6-23(3,16-17(2)27-5)28-22(26)25-21-13-9-19(10-14-21)15-18-7-11-20(24-4)12-8-18/h7-14,17,24H,6,15-16H2,1-5H3,(H,25,26). The van der Waals surface area contributed by atoms with E-state index in [9.17, 15) is 4.79 Å². The molecule has 2 aromatic rings. The highest BCUT2D eigenvalue weighted by Gasteiger charge is 2.29. The van der Waals surface area contributed by atoms with Gasteiger partial charge in [0.25, 0.3) is 0 Å². The van der Waals surface area contributed by atoms with E-state index in [2.05, 4.69) is 34.9 Å². The maximum Gasteiger partial charge on any atom is 0.412 e. The summed E-state index contributed by atoms with van der Waals surface area (Å²) in [6.45, 7) is 5.91. The first-order valence-corrected chi connectivity index (χ1v) is 9.76. The molecule has 2 atom stereocenters. The number of methoxy groups -OCH3 is 1. The average molecular weight is 385 g/mol. The van der Waals surface area contributed by atoms with Crippen molar-refractivity contribution in [2.45, 2.75) is 51.7 Å². The van der Waals surface area contributed by atoms with E-state index in [0.29, 0.717) is 6.42 Å². The molecule has 0 radical (unpaired) electrons. The summed E-state index contributed by atoms with van der Waals surface area (Å²) in [6, 6.07) is 16.2. The fourth-order valence-corrected chi connectivity index (χ4v) is 3.05. The van der Waals surface area contributed by atoms with Crippen LogP contribution >= 0.6 is 0 Å². The van der Waals surface area contributed by atoms with Gasteiger partial charge in [-0.1, -0.05) is 31.2 Å². The second-order valence-corrected chi connectivity index (χ2v) is 7.39. The normalized spacial score (nSPS) is 14.0. The van der Waals surface area contributed by atoms with Crippen molar-refractivity contribution in [1.82, 2.24) is 0 Å². The average Bonchev–Trinajstić information content (AvgIpc) is 2.69. The summed E-state index contributed by atoms with van der Waals surface area (Å²) in [4.78, 5) is 12.3. The van der Waals surface area contributed by atoms with Gasteiger partial charge in [-0.15, -0.1) is 0 Å². The van der Waals surface area contributed by atoms with Gasteiger partial charge in [0.2, 0.25) is 0 Å². The molecule has 0 aromatic heterocycles. The molecule has 0 saturated heterocycles. The summed E-state index contributed by atoms with van der Waals surface area (Å²) in [6.07, 6.45) is 1.80. The maximum atomic E-state index is 12.3. The van der Waals surface area contributed by atoms with Crippen LogP contribution < -0.4 is 10.6 Å². The molecule has 28 heavy (non-hydrogen) atoms. The third-order valence-electron chi connectivity index (χ3n) is 5.06. The van der Waals surface area contributed by atoms with Crippen LogP contribution in [0.5, 0.6) is 0 Å². The van der Waals surface area contributed by atoms with Gasteiger partial charge in [-0.25, -0.2) is 4.79 Å². The van der Waals surface area contributed by atoms with E-state index in [0.717, 1.165) is 24.2 Å². The molecule has 5 nitrogen and oxygen atoms in total. The second kappa shape index (κ2) is 10.1. The highest BCUT2D eigenvalue weighted by atomic mass is 16.6. The third kappa shape index (κ3) is 6.57. The van der Waals surface area contributed by atoms with Gasteiger partial charge in [-0.2, -0.15) is 0 Å². The lowest BCUT2D eigenvalue weighted by molar-refractivity contribution is -0.0174. The van der Waals surface area contributed by atoms with Gasteiger partial charge in [0.15, 0.2) is 0 Å². The molecule has 2 unspecified atom stereocenters. The third-order valence-corrected chi connectivity index (χ3v) is 5.06. The number of hydrogen-bond donors (Lipinski definition) is 2. The molecular formula is C23H32N2O3. The Balaban J connectivity index is 1.92. The van der Waals surface area contributed by atoms with E-state index >= 15 is 0 Å². The van der Waals surface area contributed by atoms with Crippen LogP contribution in [0.25, 0.3) is 0 Å². The van der Waals surface area contributed by atoms with Gasteiger partial charge in [0.05, 0.1) is 6.10 Å². The first-order chi connectivity index (χ1) is 13.4. The Bertz CT molecular complexity index is 743. The number of hydrogen-bond acceptors (Lipinski definition) is 4. The fraction of sp³-hybridized carbons (Fsp3) is 0.435. The van der Waals surface area contributed by atoms with Crippen LogP contribution in [-0.2, 0) is 15.9 Å². The number of carbonyl (C=O) groups excluding carboxylic acids is 1.